The number of carbonyl (C=O) groups excluding carboxylic acids is 1. The van der Waals surface area contributed by atoms with Gasteiger partial charge in [-0.05, 0) is 56.4 Å². The highest BCUT2D eigenvalue weighted by atomic mass is 16.2. The summed E-state index contributed by atoms with van der Waals surface area (Å²) < 4.78 is 0. The van der Waals surface area contributed by atoms with E-state index in [1.165, 1.54) is 11.1 Å². The minimum Gasteiger partial charge on any atom is -0.339 e. The lowest BCUT2D eigenvalue weighted by Gasteiger charge is -2.18. The quantitative estimate of drug-likeness (QED) is 0.744. The Hall–Kier alpha value is -2.09. The maximum atomic E-state index is 12.2. The Labute approximate surface area is 133 Å². The smallest absolute Gasteiger partial charge is 0.253 e. The van der Waals surface area contributed by atoms with Crippen molar-refractivity contribution in [1.82, 2.24) is 4.90 Å². The zero-order valence-corrected chi connectivity index (χ0v) is 13.6. The Kier molecular flexibility index (Phi) is 6.20. The summed E-state index contributed by atoms with van der Waals surface area (Å²) in [5.74, 6) is 0.126. The second kappa shape index (κ2) is 8.38. The number of amides is 1. The molecule has 1 amide bonds. The van der Waals surface area contributed by atoms with Gasteiger partial charge in [-0.3, -0.25) is 4.79 Å². The Bertz CT molecular complexity index is 570. The molecule has 0 radical (unpaired) electrons. The number of hydrogen-bond acceptors (Lipinski definition) is 1. The van der Waals surface area contributed by atoms with E-state index in [1.54, 1.807) is 0 Å². The van der Waals surface area contributed by atoms with Crippen LogP contribution >= 0.6 is 0 Å². The summed E-state index contributed by atoms with van der Waals surface area (Å²) in [5.41, 5.74) is 3.47. The van der Waals surface area contributed by atoms with Crippen LogP contribution in [0.25, 0.3) is 0 Å². The molecule has 0 aliphatic heterocycles. The molecule has 2 rings (SSSR count). The van der Waals surface area contributed by atoms with Crippen LogP contribution in [0.5, 0.6) is 0 Å². The van der Waals surface area contributed by atoms with Crippen molar-refractivity contribution in [2.75, 3.05) is 13.1 Å². The fourth-order valence-corrected chi connectivity index (χ4v) is 2.65. The highest BCUT2D eigenvalue weighted by molar-refractivity contribution is 5.94. The van der Waals surface area contributed by atoms with Crippen LogP contribution in [0.2, 0.25) is 0 Å². The molecule has 0 aliphatic carbocycles. The number of nitrogens with zero attached hydrogens (tertiary/aromatic N) is 1. The first-order chi connectivity index (χ1) is 10.7. The van der Waals surface area contributed by atoms with Gasteiger partial charge < -0.3 is 4.90 Å². The van der Waals surface area contributed by atoms with Gasteiger partial charge in [0, 0.05) is 18.7 Å². The van der Waals surface area contributed by atoms with E-state index in [0.29, 0.717) is 0 Å². The number of rotatable bonds is 7. The van der Waals surface area contributed by atoms with Crippen molar-refractivity contribution in [1.29, 1.82) is 0 Å². The van der Waals surface area contributed by atoms with E-state index in [2.05, 4.69) is 42.5 Å². The highest BCUT2D eigenvalue weighted by Crippen LogP contribution is 2.11. The van der Waals surface area contributed by atoms with Crippen LogP contribution < -0.4 is 0 Å². The summed E-state index contributed by atoms with van der Waals surface area (Å²) in [4.78, 5) is 14.1. The summed E-state index contributed by atoms with van der Waals surface area (Å²) in [5, 5.41) is 0. The molecular formula is C20H25NO. The van der Waals surface area contributed by atoms with Crippen molar-refractivity contribution in [3.05, 3.63) is 71.3 Å². The Morgan fingerprint density at radius 2 is 1.36 bits per heavy atom. The van der Waals surface area contributed by atoms with Crippen LogP contribution in [0.1, 0.15) is 41.8 Å². The van der Waals surface area contributed by atoms with Gasteiger partial charge in [-0.25, -0.2) is 0 Å². The Balaban J connectivity index is 1.88. The van der Waals surface area contributed by atoms with E-state index in [4.69, 9.17) is 0 Å². The van der Waals surface area contributed by atoms with Gasteiger partial charge in [0.2, 0.25) is 0 Å². The van der Waals surface area contributed by atoms with Gasteiger partial charge in [-0.2, -0.15) is 0 Å². The molecule has 0 fully saturated rings. The molecule has 0 N–H and O–H groups in total. The molecule has 116 valence electrons. The number of benzene rings is 2. The molecule has 0 atom stereocenters. The predicted molar refractivity (Wildman–Crippen MR) is 92.2 cm³/mol. The Morgan fingerprint density at radius 3 is 1.91 bits per heavy atom. The topological polar surface area (TPSA) is 20.3 Å². The second-order valence-electron chi connectivity index (χ2n) is 5.51. The summed E-state index contributed by atoms with van der Waals surface area (Å²) in [7, 11) is 0. The van der Waals surface area contributed by atoms with Gasteiger partial charge in [0.25, 0.3) is 5.91 Å². The molecule has 0 spiro atoms. The summed E-state index contributed by atoms with van der Waals surface area (Å²) in [6, 6.07) is 18.7. The summed E-state index contributed by atoms with van der Waals surface area (Å²) >= 11 is 0. The van der Waals surface area contributed by atoms with Gasteiger partial charge >= 0.3 is 0 Å². The molecule has 2 aromatic rings. The van der Waals surface area contributed by atoms with Crippen LogP contribution in [0.15, 0.2) is 54.6 Å². The lowest BCUT2D eigenvalue weighted by atomic mass is 10.0. The van der Waals surface area contributed by atoms with Crippen molar-refractivity contribution in [2.45, 2.75) is 33.1 Å². The lowest BCUT2D eigenvalue weighted by Crippen LogP contribution is -2.30. The van der Waals surface area contributed by atoms with E-state index in [0.717, 1.165) is 37.9 Å². The van der Waals surface area contributed by atoms with Gasteiger partial charge in [-0.15, -0.1) is 0 Å². The van der Waals surface area contributed by atoms with Gasteiger partial charge in [0.1, 0.15) is 0 Å². The van der Waals surface area contributed by atoms with Crippen LogP contribution in [0.3, 0.4) is 0 Å². The monoisotopic (exact) mass is 295 g/mol. The van der Waals surface area contributed by atoms with Crippen molar-refractivity contribution < 1.29 is 4.79 Å². The maximum Gasteiger partial charge on any atom is 0.253 e. The molecule has 22 heavy (non-hydrogen) atoms. The molecule has 0 aromatic heterocycles. The molecule has 0 bridgehead atoms. The van der Waals surface area contributed by atoms with Crippen molar-refractivity contribution in [3.8, 4) is 0 Å². The molecule has 2 heteroatoms. The van der Waals surface area contributed by atoms with Crippen LogP contribution in [0, 0.1) is 0 Å². The Morgan fingerprint density at radius 1 is 0.818 bits per heavy atom. The van der Waals surface area contributed by atoms with E-state index < -0.39 is 0 Å². The fourth-order valence-electron chi connectivity index (χ4n) is 2.65. The first-order valence-electron chi connectivity index (χ1n) is 8.16. The minimum absolute atomic E-state index is 0.126. The van der Waals surface area contributed by atoms with Crippen molar-refractivity contribution in [3.63, 3.8) is 0 Å². The molecule has 0 saturated carbocycles. The largest absolute Gasteiger partial charge is 0.339 e. The third kappa shape index (κ3) is 4.45. The third-order valence-corrected chi connectivity index (χ3v) is 4.03. The predicted octanol–water partition coefficient (Wildman–Crippen LogP) is 4.34. The van der Waals surface area contributed by atoms with Crippen molar-refractivity contribution in [2.24, 2.45) is 0 Å². The normalized spacial score (nSPS) is 10.5. The number of carbonyl (C=O) groups is 1. The molecule has 2 nitrogen and oxygen atoms in total. The lowest BCUT2D eigenvalue weighted by molar-refractivity contribution is 0.0773. The second-order valence-corrected chi connectivity index (χ2v) is 5.51. The summed E-state index contributed by atoms with van der Waals surface area (Å²) in [6.45, 7) is 5.54. The number of hydrogen-bond donors (Lipinski definition) is 0. The van der Waals surface area contributed by atoms with Gasteiger partial charge in [0.05, 0.1) is 0 Å². The van der Waals surface area contributed by atoms with Crippen molar-refractivity contribution >= 4 is 5.91 Å². The van der Waals surface area contributed by atoms with Crippen LogP contribution in [-0.4, -0.2) is 23.9 Å². The van der Waals surface area contributed by atoms with E-state index in [1.807, 2.05) is 30.9 Å². The fraction of sp³-hybridized carbons (Fsp3) is 0.350. The molecule has 2 aromatic carbocycles. The van der Waals surface area contributed by atoms with E-state index in [-0.39, 0.29) is 5.91 Å². The zero-order chi connectivity index (χ0) is 15.8. The van der Waals surface area contributed by atoms with Gasteiger partial charge in [0.15, 0.2) is 0 Å². The van der Waals surface area contributed by atoms with Gasteiger partial charge in [-0.1, -0.05) is 42.5 Å². The van der Waals surface area contributed by atoms with E-state index in [9.17, 15) is 4.79 Å². The van der Waals surface area contributed by atoms with E-state index >= 15 is 0 Å². The maximum absolute atomic E-state index is 12.2. The third-order valence-electron chi connectivity index (χ3n) is 4.03. The standard InChI is InChI=1S/C20H25NO/c1-3-21(4-2)20(22)19-15-13-18(14-16-19)12-8-11-17-9-6-5-7-10-17/h5-7,9-10,13-16H,3-4,8,11-12H2,1-2H3. The SMILES string of the molecule is CCN(CC)C(=O)c1ccc(CCCc2ccccc2)cc1. The molecular weight excluding hydrogens is 270 g/mol. The van der Waals surface area contributed by atoms with Crippen LogP contribution in [-0.2, 0) is 12.8 Å². The molecule has 0 unspecified atom stereocenters. The number of aryl methyl sites for hydroxylation is 2. The summed E-state index contributed by atoms with van der Waals surface area (Å²) in [6.07, 6.45) is 3.28. The first-order valence-corrected chi connectivity index (χ1v) is 8.16. The molecule has 0 heterocycles. The minimum atomic E-state index is 0.126. The molecule has 0 aliphatic rings. The van der Waals surface area contributed by atoms with Crippen LogP contribution in [0.4, 0.5) is 0 Å². The zero-order valence-electron chi connectivity index (χ0n) is 13.6. The molecule has 0 saturated heterocycles. The average molecular weight is 295 g/mol. The highest BCUT2D eigenvalue weighted by Gasteiger charge is 2.11. The average Bonchev–Trinajstić information content (AvgIpc) is 2.57. The first kappa shape index (κ1) is 16.3.